The first kappa shape index (κ1) is 15.2. The summed E-state index contributed by atoms with van der Waals surface area (Å²) in [5.41, 5.74) is 6.78. The Balaban J connectivity index is 1.34. The van der Waals surface area contributed by atoms with Gasteiger partial charge in [0, 0.05) is 44.0 Å². The van der Waals surface area contributed by atoms with Gasteiger partial charge in [0.25, 0.3) is 0 Å². The highest BCUT2D eigenvalue weighted by Gasteiger charge is 2.18. The zero-order valence-corrected chi connectivity index (χ0v) is 13.5. The molecule has 0 aromatic carbocycles. The molecular formula is C15H22N6S. The van der Waals surface area contributed by atoms with Crippen LogP contribution in [-0.4, -0.2) is 52.6 Å². The van der Waals surface area contributed by atoms with Crippen molar-refractivity contribution >= 4 is 22.4 Å². The largest absolute Gasteiger partial charge is 0.375 e. The molecule has 6 nitrogen and oxygen atoms in total. The molecule has 0 bridgehead atoms. The van der Waals surface area contributed by atoms with Gasteiger partial charge in [0.2, 0.25) is 5.95 Å². The van der Waals surface area contributed by atoms with Gasteiger partial charge in [-0.3, -0.25) is 4.90 Å². The molecule has 2 N–H and O–H groups in total. The van der Waals surface area contributed by atoms with Crippen molar-refractivity contribution in [3.63, 3.8) is 0 Å². The quantitative estimate of drug-likeness (QED) is 0.817. The summed E-state index contributed by atoms with van der Waals surface area (Å²) in [6.07, 6.45) is 7.02. The Morgan fingerprint density at radius 1 is 1.09 bits per heavy atom. The van der Waals surface area contributed by atoms with Gasteiger partial charge in [-0.05, 0) is 31.9 Å². The van der Waals surface area contributed by atoms with Gasteiger partial charge in [0.15, 0.2) is 5.13 Å². The zero-order valence-electron chi connectivity index (χ0n) is 12.7. The van der Waals surface area contributed by atoms with Crippen molar-refractivity contribution < 1.29 is 0 Å². The van der Waals surface area contributed by atoms with Crippen LogP contribution in [0.25, 0.3) is 0 Å². The van der Waals surface area contributed by atoms with E-state index in [-0.39, 0.29) is 0 Å². The molecule has 1 saturated heterocycles. The molecule has 118 valence electrons. The Labute approximate surface area is 135 Å². The Morgan fingerprint density at radius 2 is 1.86 bits per heavy atom. The number of aryl methyl sites for hydroxylation is 1. The normalized spacial score (nSPS) is 16.1. The number of aromatic nitrogens is 3. The van der Waals surface area contributed by atoms with Crippen LogP contribution in [0.4, 0.5) is 11.1 Å². The lowest BCUT2D eigenvalue weighted by molar-refractivity contribution is 0.252. The molecule has 2 aromatic heterocycles. The molecule has 2 aromatic rings. The predicted octanol–water partition coefficient (Wildman–Crippen LogP) is 1.66. The summed E-state index contributed by atoms with van der Waals surface area (Å²) in [6.45, 7) is 5.34. The molecule has 0 spiro atoms. The van der Waals surface area contributed by atoms with E-state index in [2.05, 4.69) is 30.1 Å². The van der Waals surface area contributed by atoms with Crippen LogP contribution in [0.5, 0.6) is 0 Å². The molecule has 1 aliphatic heterocycles. The molecule has 3 heterocycles. The maximum absolute atomic E-state index is 5.65. The second kappa shape index (κ2) is 7.51. The standard InChI is InChI=1S/C15H22N6S/c16-14-19-13(12-22-14)4-1-2-7-20-8-10-21(11-9-20)15-17-5-3-6-18-15/h3,5-6,12H,1-2,4,7-11H2,(H2,16,19). The number of anilines is 2. The van der Waals surface area contributed by atoms with Gasteiger partial charge < -0.3 is 10.6 Å². The van der Waals surface area contributed by atoms with Crippen molar-refractivity contribution in [1.82, 2.24) is 19.9 Å². The molecule has 7 heteroatoms. The Hall–Kier alpha value is -1.73. The molecule has 0 atom stereocenters. The first-order chi connectivity index (χ1) is 10.8. The lowest BCUT2D eigenvalue weighted by atomic mass is 10.2. The third kappa shape index (κ3) is 4.14. The predicted molar refractivity (Wildman–Crippen MR) is 90.1 cm³/mol. The fourth-order valence-electron chi connectivity index (χ4n) is 2.70. The Kier molecular flexibility index (Phi) is 5.18. The number of nitrogen functional groups attached to an aromatic ring is 1. The lowest BCUT2D eigenvalue weighted by Crippen LogP contribution is -2.47. The van der Waals surface area contributed by atoms with Gasteiger partial charge in [0.05, 0.1) is 5.69 Å². The molecule has 1 aliphatic rings. The second-order valence-electron chi connectivity index (χ2n) is 5.51. The average molecular weight is 318 g/mol. The van der Waals surface area contributed by atoms with E-state index < -0.39 is 0 Å². The second-order valence-corrected chi connectivity index (χ2v) is 6.40. The Morgan fingerprint density at radius 3 is 2.55 bits per heavy atom. The van der Waals surface area contributed by atoms with Crippen LogP contribution in [0, 0.1) is 0 Å². The highest BCUT2D eigenvalue weighted by atomic mass is 32.1. The molecule has 22 heavy (non-hydrogen) atoms. The summed E-state index contributed by atoms with van der Waals surface area (Å²) in [6, 6.07) is 1.86. The fraction of sp³-hybridized carbons (Fsp3) is 0.533. The minimum absolute atomic E-state index is 0.675. The minimum atomic E-state index is 0.675. The molecule has 0 unspecified atom stereocenters. The first-order valence-electron chi connectivity index (χ1n) is 7.75. The number of rotatable bonds is 6. The maximum Gasteiger partial charge on any atom is 0.225 e. The number of hydrogen-bond acceptors (Lipinski definition) is 7. The molecule has 3 rings (SSSR count). The van der Waals surface area contributed by atoms with E-state index >= 15 is 0 Å². The first-order valence-corrected chi connectivity index (χ1v) is 8.63. The van der Waals surface area contributed by atoms with E-state index in [9.17, 15) is 0 Å². The van der Waals surface area contributed by atoms with Crippen LogP contribution in [-0.2, 0) is 6.42 Å². The number of hydrogen-bond donors (Lipinski definition) is 1. The topological polar surface area (TPSA) is 71.2 Å². The third-order valence-electron chi connectivity index (χ3n) is 3.93. The van der Waals surface area contributed by atoms with Gasteiger partial charge in [-0.25, -0.2) is 15.0 Å². The molecule has 0 saturated carbocycles. The molecular weight excluding hydrogens is 296 g/mol. The summed E-state index contributed by atoms with van der Waals surface area (Å²) in [5.74, 6) is 0.850. The van der Waals surface area contributed by atoms with Gasteiger partial charge in [-0.2, -0.15) is 0 Å². The number of unbranched alkanes of at least 4 members (excludes halogenated alkanes) is 1. The van der Waals surface area contributed by atoms with E-state index in [0.29, 0.717) is 5.13 Å². The molecule has 1 fully saturated rings. The van der Waals surface area contributed by atoms with Crippen molar-refractivity contribution in [2.75, 3.05) is 43.4 Å². The number of nitrogens with two attached hydrogens (primary N) is 1. The summed E-state index contributed by atoms with van der Waals surface area (Å²) >= 11 is 1.53. The van der Waals surface area contributed by atoms with Gasteiger partial charge in [0.1, 0.15) is 0 Å². The number of thiazole rings is 1. The number of piperazine rings is 1. The van der Waals surface area contributed by atoms with Crippen molar-refractivity contribution in [2.45, 2.75) is 19.3 Å². The highest BCUT2D eigenvalue weighted by molar-refractivity contribution is 7.13. The van der Waals surface area contributed by atoms with E-state index in [4.69, 9.17) is 5.73 Å². The average Bonchev–Trinajstić information content (AvgIpc) is 2.98. The zero-order chi connectivity index (χ0) is 15.2. The SMILES string of the molecule is Nc1nc(CCCCN2CCN(c3ncccn3)CC2)cs1. The van der Waals surface area contributed by atoms with Crippen molar-refractivity contribution in [3.05, 3.63) is 29.5 Å². The van der Waals surface area contributed by atoms with Crippen molar-refractivity contribution in [2.24, 2.45) is 0 Å². The van der Waals surface area contributed by atoms with Gasteiger partial charge in [-0.1, -0.05) is 0 Å². The smallest absolute Gasteiger partial charge is 0.225 e. The summed E-state index contributed by atoms with van der Waals surface area (Å²) in [5, 5.41) is 2.74. The van der Waals surface area contributed by atoms with Crippen molar-refractivity contribution in [3.8, 4) is 0 Å². The van der Waals surface area contributed by atoms with Crippen LogP contribution in [0.2, 0.25) is 0 Å². The minimum Gasteiger partial charge on any atom is -0.375 e. The molecule has 0 radical (unpaired) electrons. The highest BCUT2D eigenvalue weighted by Crippen LogP contribution is 2.14. The maximum atomic E-state index is 5.65. The van der Waals surface area contributed by atoms with Gasteiger partial charge in [-0.15, -0.1) is 11.3 Å². The molecule has 0 aliphatic carbocycles. The number of nitrogens with zero attached hydrogens (tertiary/aromatic N) is 5. The van der Waals surface area contributed by atoms with Crippen LogP contribution >= 0.6 is 11.3 Å². The van der Waals surface area contributed by atoms with Crippen LogP contribution < -0.4 is 10.6 Å². The van der Waals surface area contributed by atoms with Crippen LogP contribution in [0.15, 0.2) is 23.8 Å². The third-order valence-corrected chi connectivity index (χ3v) is 4.66. The van der Waals surface area contributed by atoms with E-state index in [1.54, 1.807) is 12.4 Å². The van der Waals surface area contributed by atoms with Crippen LogP contribution in [0.3, 0.4) is 0 Å². The van der Waals surface area contributed by atoms with E-state index in [1.165, 1.54) is 24.2 Å². The van der Waals surface area contributed by atoms with E-state index in [1.807, 2.05) is 6.07 Å². The lowest BCUT2D eigenvalue weighted by Gasteiger charge is -2.34. The summed E-state index contributed by atoms with van der Waals surface area (Å²) < 4.78 is 0. The van der Waals surface area contributed by atoms with Crippen molar-refractivity contribution in [1.29, 1.82) is 0 Å². The Bertz CT molecular complexity index is 564. The monoisotopic (exact) mass is 318 g/mol. The summed E-state index contributed by atoms with van der Waals surface area (Å²) in [4.78, 5) is 17.7. The van der Waals surface area contributed by atoms with Crippen LogP contribution in [0.1, 0.15) is 18.5 Å². The fourth-order valence-corrected chi connectivity index (χ4v) is 3.30. The molecule has 0 amide bonds. The van der Waals surface area contributed by atoms with Gasteiger partial charge >= 0.3 is 0 Å². The summed E-state index contributed by atoms with van der Waals surface area (Å²) in [7, 11) is 0. The van der Waals surface area contributed by atoms with E-state index in [0.717, 1.165) is 50.8 Å².